The van der Waals surface area contributed by atoms with Crippen LogP contribution in [0.3, 0.4) is 0 Å². The van der Waals surface area contributed by atoms with E-state index in [1.54, 1.807) is 17.0 Å². The van der Waals surface area contributed by atoms with Crippen LogP contribution in [0.25, 0.3) is 0 Å². The van der Waals surface area contributed by atoms with Gasteiger partial charge < -0.3 is 14.8 Å². The minimum absolute atomic E-state index is 0.0148. The first-order chi connectivity index (χ1) is 10.7. The monoisotopic (exact) mass is 334 g/mol. The maximum Gasteiger partial charge on any atom is 0.391 e. The molecular weight excluding hydrogens is 313 g/mol. The number of aliphatic hydroxyl groups is 1. The van der Waals surface area contributed by atoms with Crippen LogP contribution >= 0.6 is 0 Å². The first-order valence-corrected chi connectivity index (χ1v) is 7.50. The zero-order valence-corrected chi connectivity index (χ0v) is 12.9. The van der Waals surface area contributed by atoms with E-state index in [0.717, 1.165) is 0 Å². The lowest BCUT2D eigenvalue weighted by atomic mass is 9.96. The quantitative estimate of drug-likeness (QED) is 0.863. The molecule has 8 heteroatoms. The maximum absolute atomic E-state index is 12.6. The zero-order valence-electron chi connectivity index (χ0n) is 12.9. The molecule has 130 valence electrons. The van der Waals surface area contributed by atoms with E-state index < -0.39 is 17.7 Å². The summed E-state index contributed by atoms with van der Waals surface area (Å²) in [6.07, 6.45) is -2.70. The van der Waals surface area contributed by atoms with Crippen molar-refractivity contribution < 1.29 is 27.5 Å². The van der Waals surface area contributed by atoms with Gasteiger partial charge in [-0.25, -0.2) is 0 Å². The molecule has 1 saturated heterocycles. The Morgan fingerprint density at radius 2 is 2.09 bits per heavy atom. The fraction of sp³-hybridized carbons (Fsp3) is 0.667. The Kier molecular flexibility index (Phi) is 5.36. The van der Waals surface area contributed by atoms with Crippen LogP contribution in [0.1, 0.15) is 25.5 Å². The molecule has 1 aromatic heterocycles. The van der Waals surface area contributed by atoms with Crippen molar-refractivity contribution in [2.75, 3.05) is 26.2 Å². The van der Waals surface area contributed by atoms with Gasteiger partial charge in [0.15, 0.2) is 0 Å². The second-order valence-corrected chi connectivity index (χ2v) is 6.12. The van der Waals surface area contributed by atoms with Gasteiger partial charge in [0, 0.05) is 0 Å². The van der Waals surface area contributed by atoms with Crippen LogP contribution in [-0.4, -0.2) is 48.3 Å². The Balaban J connectivity index is 1.74. The van der Waals surface area contributed by atoms with Crippen LogP contribution in [0, 0.1) is 5.92 Å². The molecule has 0 spiro atoms. The molecule has 23 heavy (non-hydrogen) atoms. The Morgan fingerprint density at radius 3 is 2.61 bits per heavy atom. The van der Waals surface area contributed by atoms with E-state index in [0.29, 0.717) is 5.76 Å². The van der Waals surface area contributed by atoms with Crippen molar-refractivity contribution in [2.45, 2.75) is 31.5 Å². The highest BCUT2D eigenvalue weighted by Crippen LogP contribution is 2.33. The van der Waals surface area contributed by atoms with Crippen molar-refractivity contribution in [3.63, 3.8) is 0 Å². The van der Waals surface area contributed by atoms with Gasteiger partial charge in [0.05, 0.1) is 25.3 Å². The van der Waals surface area contributed by atoms with E-state index in [2.05, 4.69) is 5.32 Å². The van der Waals surface area contributed by atoms with Crippen molar-refractivity contribution in [3.05, 3.63) is 24.2 Å². The van der Waals surface area contributed by atoms with Gasteiger partial charge in [-0.15, -0.1) is 0 Å². The average molecular weight is 334 g/mol. The Bertz CT molecular complexity index is 507. The number of furan rings is 1. The van der Waals surface area contributed by atoms with Crippen molar-refractivity contribution >= 4 is 5.91 Å². The molecule has 1 aliphatic heterocycles. The number of rotatable bonds is 5. The Hall–Kier alpha value is -1.54. The summed E-state index contributed by atoms with van der Waals surface area (Å²) in [5.74, 6) is -1.27. The molecular formula is C15H21F3N2O3. The second kappa shape index (κ2) is 6.92. The molecule has 2 heterocycles. The molecule has 5 nitrogen and oxygen atoms in total. The lowest BCUT2D eigenvalue weighted by molar-refractivity contribution is -0.185. The minimum atomic E-state index is -4.16. The number of carbonyl (C=O) groups excluding carboxylic acids is 1. The molecule has 0 aromatic carbocycles. The summed E-state index contributed by atoms with van der Waals surface area (Å²) in [6.45, 7) is 2.00. The maximum atomic E-state index is 12.6. The zero-order chi connectivity index (χ0) is 17.1. The number of hydrogen-bond acceptors (Lipinski definition) is 4. The normalized spacial score (nSPS) is 20.2. The standard InChI is InChI=1S/C15H21F3N2O3/c1-14(22,12-3-2-8-23-12)10-19-13(21)9-20-6-4-11(5-7-20)15(16,17)18/h2-3,8,11,22H,4-7,9-10H2,1H3,(H,19,21). The summed E-state index contributed by atoms with van der Waals surface area (Å²) < 4.78 is 42.9. The first kappa shape index (κ1) is 17.8. The van der Waals surface area contributed by atoms with Crippen molar-refractivity contribution in [2.24, 2.45) is 5.92 Å². The van der Waals surface area contributed by atoms with Gasteiger partial charge in [0.25, 0.3) is 0 Å². The molecule has 0 aliphatic carbocycles. The Morgan fingerprint density at radius 1 is 1.43 bits per heavy atom. The van der Waals surface area contributed by atoms with Crippen LogP contribution in [-0.2, 0) is 10.4 Å². The molecule has 0 bridgehead atoms. The van der Waals surface area contributed by atoms with Gasteiger partial charge >= 0.3 is 6.18 Å². The van der Waals surface area contributed by atoms with Gasteiger partial charge in [0.2, 0.25) is 5.91 Å². The number of halogens is 3. The van der Waals surface area contributed by atoms with Crippen LogP contribution in [0.15, 0.2) is 22.8 Å². The third-order valence-corrected chi connectivity index (χ3v) is 4.10. The lowest BCUT2D eigenvalue weighted by Gasteiger charge is -2.32. The summed E-state index contributed by atoms with van der Waals surface area (Å²) in [5, 5.41) is 12.8. The molecule has 1 atom stereocenters. The van der Waals surface area contributed by atoms with Crippen LogP contribution < -0.4 is 5.32 Å². The summed E-state index contributed by atoms with van der Waals surface area (Å²) in [4.78, 5) is 13.6. The first-order valence-electron chi connectivity index (χ1n) is 7.50. The number of likely N-dealkylation sites (tertiary alicyclic amines) is 1. The van der Waals surface area contributed by atoms with Crippen molar-refractivity contribution in [3.8, 4) is 0 Å². The predicted molar refractivity (Wildman–Crippen MR) is 76.5 cm³/mol. The van der Waals surface area contributed by atoms with Gasteiger partial charge in [-0.2, -0.15) is 13.2 Å². The summed E-state index contributed by atoms with van der Waals surface area (Å²) in [7, 11) is 0. The highest BCUT2D eigenvalue weighted by Gasteiger charge is 2.41. The number of alkyl halides is 3. The highest BCUT2D eigenvalue weighted by molar-refractivity contribution is 5.78. The molecule has 1 aromatic rings. The summed E-state index contributed by atoms with van der Waals surface area (Å²) in [5.41, 5.74) is -1.33. The molecule has 1 unspecified atom stereocenters. The van der Waals surface area contributed by atoms with Crippen LogP contribution in [0.4, 0.5) is 13.2 Å². The molecule has 2 rings (SSSR count). The van der Waals surface area contributed by atoms with E-state index in [9.17, 15) is 23.1 Å². The highest BCUT2D eigenvalue weighted by atomic mass is 19.4. The number of amides is 1. The van der Waals surface area contributed by atoms with Crippen LogP contribution in [0.5, 0.6) is 0 Å². The van der Waals surface area contributed by atoms with Crippen molar-refractivity contribution in [1.82, 2.24) is 10.2 Å². The summed E-state index contributed by atoms with van der Waals surface area (Å²) in [6, 6.07) is 3.24. The van der Waals surface area contributed by atoms with Gasteiger partial charge in [-0.3, -0.25) is 9.69 Å². The third kappa shape index (κ3) is 4.97. The number of piperidine rings is 1. The summed E-state index contributed by atoms with van der Waals surface area (Å²) >= 11 is 0. The van der Waals surface area contributed by atoms with E-state index in [1.807, 2.05) is 0 Å². The minimum Gasteiger partial charge on any atom is -0.466 e. The molecule has 0 saturated carbocycles. The SMILES string of the molecule is CC(O)(CNC(=O)CN1CCC(C(F)(F)F)CC1)c1ccco1. The third-order valence-electron chi connectivity index (χ3n) is 4.10. The fourth-order valence-corrected chi connectivity index (χ4v) is 2.62. The van der Waals surface area contributed by atoms with E-state index in [1.165, 1.54) is 13.2 Å². The number of nitrogens with one attached hydrogen (secondary N) is 1. The second-order valence-electron chi connectivity index (χ2n) is 6.12. The molecule has 1 fully saturated rings. The van der Waals surface area contributed by atoms with Gasteiger partial charge in [-0.1, -0.05) is 0 Å². The van der Waals surface area contributed by atoms with E-state index in [4.69, 9.17) is 4.42 Å². The van der Waals surface area contributed by atoms with Gasteiger partial charge in [0.1, 0.15) is 11.4 Å². The van der Waals surface area contributed by atoms with Gasteiger partial charge in [-0.05, 0) is 45.0 Å². The number of nitrogens with zero attached hydrogens (tertiary/aromatic N) is 1. The fourth-order valence-electron chi connectivity index (χ4n) is 2.62. The van der Waals surface area contributed by atoms with E-state index >= 15 is 0 Å². The lowest BCUT2D eigenvalue weighted by Crippen LogP contribution is -2.46. The van der Waals surface area contributed by atoms with Crippen molar-refractivity contribution in [1.29, 1.82) is 0 Å². The van der Waals surface area contributed by atoms with Crippen LogP contribution in [0.2, 0.25) is 0 Å². The number of hydrogen-bond donors (Lipinski definition) is 2. The largest absolute Gasteiger partial charge is 0.466 e. The average Bonchev–Trinajstić information content (AvgIpc) is 3.00. The number of carbonyl (C=O) groups is 1. The molecule has 1 amide bonds. The molecule has 2 N–H and O–H groups in total. The molecule has 1 aliphatic rings. The molecule has 0 radical (unpaired) electrons. The van der Waals surface area contributed by atoms with E-state index in [-0.39, 0.29) is 44.9 Å². The smallest absolute Gasteiger partial charge is 0.391 e. The Labute approximate surface area is 132 Å². The topological polar surface area (TPSA) is 65.7 Å². The predicted octanol–water partition coefficient (Wildman–Crippen LogP) is 1.88.